The van der Waals surface area contributed by atoms with E-state index >= 15 is 0 Å². The molecular weight excluding hydrogens is 334 g/mol. The van der Waals surface area contributed by atoms with Gasteiger partial charge in [-0.2, -0.15) is 0 Å². The predicted octanol–water partition coefficient (Wildman–Crippen LogP) is 3.70. The summed E-state index contributed by atoms with van der Waals surface area (Å²) in [7, 11) is 1.65. The number of rotatable bonds is 5. The summed E-state index contributed by atoms with van der Waals surface area (Å²) in [6.45, 7) is 4.11. The van der Waals surface area contributed by atoms with E-state index in [4.69, 9.17) is 4.42 Å². The van der Waals surface area contributed by atoms with Gasteiger partial charge in [0, 0.05) is 31.8 Å². The maximum absolute atomic E-state index is 12.6. The van der Waals surface area contributed by atoms with Gasteiger partial charge in [0.05, 0.1) is 17.7 Å². The van der Waals surface area contributed by atoms with Crippen molar-refractivity contribution in [3.05, 3.63) is 58.0 Å². The number of nitrogens with zero attached hydrogens (tertiary/aromatic N) is 3. The second kappa shape index (κ2) is 7.59. The molecule has 2 heterocycles. The van der Waals surface area contributed by atoms with Crippen LogP contribution in [-0.4, -0.2) is 35.9 Å². The molecule has 1 aromatic carbocycles. The summed E-state index contributed by atoms with van der Waals surface area (Å²) in [4.78, 5) is 27.3. The zero-order valence-corrected chi connectivity index (χ0v) is 15.1. The van der Waals surface area contributed by atoms with Crippen LogP contribution in [0.25, 0.3) is 0 Å². The molecule has 0 aliphatic carbocycles. The summed E-state index contributed by atoms with van der Waals surface area (Å²) in [5.74, 6) is 1.03. The van der Waals surface area contributed by atoms with E-state index in [1.54, 1.807) is 37.6 Å². The Kier molecular flexibility index (Phi) is 5.25. The van der Waals surface area contributed by atoms with Crippen molar-refractivity contribution < 1.29 is 14.1 Å². The molecular formula is C19H23N3O4. The maximum atomic E-state index is 12.6. The molecule has 3 rings (SSSR count). The van der Waals surface area contributed by atoms with E-state index in [1.807, 2.05) is 4.90 Å². The highest BCUT2D eigenvalue weighted by atomic mass is 16.6. The summed E-state index contributed by atoms with van der Waals surface area (Å²) in [6.07, 6.45) is 3.58. The minimum Gasteiger partial charge on any atom is -0.467 e. The van der Waals surface area contributed by atoms with Crippen LogP contribution in [0.3, 0.4) is 0 Å². The van der Waals surface area contributed by atoms with Crippen LogP contribution in [0.5, 0.6) is 0 Å². The Morgan fingerprint density at radius 1 is 1.35 bits per heavy atom. The van der Waals surface area contributed by atoms with Crippen LogP contribution in [-0.2, 0) is 6.54 Å². The van der Waals surface area contributed by atoms with Crippen LogP contribution in [0.15, 0.2) is 41.0 Å². The number of carbonyl (C=O) groups is 1. The fourth-order valence-electron chi connectivity index (χ4n) is 3.25. The lowest BCUT2D eigenvalue weighted by Gasteiger charge is -2.31. The molecule has 0 N–H and O–H groups in total. The summed E-state index contributed by atoms with van der Waals surface area (Å²) in [6, 6.07) is 8.29. The number of piperidine rings is 1. The first-order valence-corrected chi connectivity index (χ1v) is 8.77. The van der Waals surface area contributed by atoms with Crippen LogP contribution in [0.4, 0.5) is 11.4 Å². The Labute approximate surface area is 152 Å². The highest BCUT2D eigenvalue weighted by Crippen LogP contribution is 2.32. The van der Waals surface area contributed by atoms with E-state index in [1.165, 1.54) is 11.0 Å². The standard InChI is InChI=1S/C19H23N3O4/c1-14-7-9-21(10-8-14)17-6-5-15(12-18(17)22(24)25)19(23)20(2)13-16-4-3-11-26-16/h3-6,11-12,14H,7-10,13H2,1-2H3. The number of furan rings is 1. The van der Waals surface area contributed by atoms with Crippen LogP contribution in [0, 0.1) is 16.0 Å². The van der Waals surface area contributed by atoms with Crippen molar-refractivity contribution in [2.45, 2.75) is 26.3 Å². The summed E-state index contributed by atoms with van der Waals surface area (Å²) < 4.78 is 5.25. The summed E-state index contributed by atoms with van der Waals surface area (Å²) in [5, 5.41) is 11.6. The zero-order valence-electron chi connectivity index (χ0n) is 15.1. The second-order valence-electron chi connectivity index (χ2n) is 6.87. The van der Waals surface area contributed by atoms with E-state index in [0.29, 0.717) is 29.5 Å². The van der Waals surface area contributed by atoms with Gasteiger partial charge in [0.1, 0.15) is 11.4 Å². The largest absolute Gasteiger partial charge is 0.467 e. The number of nitro groups is 1. The highest BCUT2D eigenvalue weighted by molar-refractivity contribution is 5.95. The maximum Gasteiger partial charge on any atom is 0.293 e. The number of hydrogen-bond donors (Lipinski definition) is 0. The molecule has 7 heteroatoms. The molecule has 0 unspecified atom stereocenters. The first kappa shape index (κ1) is 18.0. The summed E-state index contributed by atoms with van der Waals surface area (Å²) >= 11 is 0. The van der Waals surface area contributed by atoms with Crippen molar-refractivity contribution in [3.63, 3.8) is 0 Å². The average Bonchev–Trinajstić information content (AvgIpc) is 3.14. The van der Waals surface area contributed by atoms with Crippen molar-refractivity contribution in [2.75, 3.05) is 25.0 Å². The van der Waals surface area contributed by atoms with Crippen LogP contribution in [0.1, 0.15) is 35.9 Å². The third kappa shape index (κ3) is 3.87. The molecule has 26 heavy (non-hydrogen) atoms. The van der Waals surface area contributed by atoms with E-state index in [-0.39, 0.29) is 11.6 Å². The molecule has 1 saturated heterocycles. The molecule has 0 radical (unpaired) electrons. The third-order valence-electron chi connectivity index (χ3n) is 4.86. The molecule has 0 saturated carbocycles. The SMILES string of the molecule is CC1CCN(c2ccc(C(=O)N(C)Cc3ccco3)cc2[N+](=O)[O-])CC1. The smallest absolute Gasteiger partial charge is 0.293 e. The Bertz CT molecular complexity index is 780. The minimum atomic E-state index is -0.406. The van der Waals surface area contributed by atoms with Crippen molar-refractivity contribution in [3.8, 4) is 0 Å². The Morgan fingerprint density at radius 2 is 2.08 bits per heavy atom. The van der Waals surface area contributed by atoms with E-state index in [2.05, 4.69) is 6.92 Å². The molecule has 1 aromatic heterocycles. The molecule has 138 valence electrons. The molecule has 7 nitrogen and oxygen atoms in total. The van der Waals surface area contributed by atoms with Crippen molar-refractivity contribution in [1.82, 2.24) is 4.90 Å². The Balaban J connectivity index is 1.81. The zero-order chi connectivity index (χ0) is 18.7. The van der Waals surface area contributed by atoms with E-state index < -0.39 is 4.92 Å². The molecule has 1 fully saturated rings. The lowest BCUT2D eigenvalue weighted by Crippen LogP contribution is -2.33. The van der Waals surface area contributed by atoms with Gasteiger partial charge in [-0.15, -0.1) is 0 Å². The topological polar surface area (TPSA) is 79.8 Å². The van der Waals surface area contributed by atoms with Gasteiger partial charge < -0.3 is 14.2 Å². The molecule has 1 aliphatic rings. The number of amides is 1. The number of hydrogen-bond acceptors (Lipinski definition) is 5. The fourth-order valence-corrected chi connectivity index (χ4v) is 3.25. The number of anilines is 1. The van der Waals surface area contributed by atoms with Gasteiger partial charge in [0.15, 0.2) is 0 Å². The first-order valence-electron chi connectivity index (χ1n) is 8.77. The van der Waals surface area contributed by atoms with Gasteiger partial charge in [0.25, 0.3) is 11.6 Å². The number of benzene rings is 1. The van der Waals surface area contributed by atoms with E-state index in [0.717, 1.165) is 25.9 Å². The quantitative estimate of drug-likeness (QED) is 0.602. The van der Waals surface area contributed by atoms with Crippen LogP contribution in [0.2, 0.25) is 0 Å². The molecule has 1 aliphatic heterocycles. The lowest BCUT2D eigenvalue weighted by molar-refractivity contribution is -0.384. The minimum absolute atomic E-state index is 0.0169. The van der Waals surface area contributed by atoms with Crippen molar-refractivity contribution >= 4 is 17.3 Å². The first-order chi connectivity index (χ1) is 12.5. The van der Waals surface area contributed by atoms with Gasteiger partial charge in [-0.05, 0) is 43.0 Å². The fraction of sp³-hybridized carbons (Fsp3) is 0.421. The molecule has 2 aromatic rings. The summed E-state index contributed by atoms with van der Waals surface area (Å²) in [5.41, 5.74) is 0.879. The third-order valence-corrected chi connectivity index (χ3v) is 4.86. The molecule has 1 amide bonds. The van der Waals surface area contributed by atoms with Crippen LogP contribution >= 0.6 is 0 Å². The lowest BCUT2D eigenvalue weighted by atomic mass is 9.98. The monoisotopic (exact) mass is 357 g/mol. The van der Waals surface area contributed by atoms with Gasteiger partial charge >= 0.3 is 0 Å². The number of nitro benzene ring substituents is 1. The van der Waals surface area contributed by atoms with Gasteiger partial charge in [-0.1, -0.05) is 6.92 Å². The second-order valence-corrected chi connectivity index (χ2v) is 6.87. The van der Waals surface area contributed by atoms with Gasteiger partial charge in [0.2, 0.25) is 0 Å². The highest BCUT2D eigenvalue weighted by Gasteiger charge is 2.25. The van der Waals surface area contributed by atoms with Gasteiger partial charge in [-0.25, -0.2) is 0 Å². The Hall–Kier alpha value is -2.83. The van der Waals surface area contributed by atoms with Crippen molar-refractivity contribution in [2.24, 2.45) is 5.92 Å². The molecule has 0 bridgehead atoms. The van der Waals surface area contributed by atoms with Gasteiger partial charge in [-0.3, -0.25) is 14.9 Å². The predicted molar refractivity (Wildman–Crippen MR) is 98.2 cm³/mol. The Morgan fingerprint density at radius 3 is 2.69 bits per heavy atom. The van der Waals surface area contributed by atoms with Crippen molar-refractivity contribution in [1.29, 1.82) is 0 Å². The normalized spacial score (nSPS) is 15.1. The average molecular weight is 357 g/mol. The number of carbonyl (C=O) groups excluding carboxylic acids is 1. The molecule has 0 spiro atoms. The molecule has 0 atom stereocenters. The van der Waals surface area contributed by atoms with E-state index in [9.17, 15) is 14.9 Å². The van der Waals surface area contributed by atoms with Crippen LogP contribution < -0.4 is 4.90 Å².